The van der Waals surface area contributed by atoms with Gasteiger partial charge in [-0.2, -0.15) is 0 Å². The predicted octanol–water partition coefficient (Wildman–Crippen LogP) is 3.05. The molecule has 6 N–H and O–H groups in total. The van der Waals surface area contributed by atoms with E-state index in [1.807, 2.05) is 24.3 Å². The highest BCUT2D eigenvalue weighted by Gasteiger charge is 2.58. The highest BCUT2D eigenvalue weighted by Crippen LogP contribution is 2.56. The lowest BCUT2D eigenvalue weighted by atomic mass is 10.0. The highest BCUT2D eigenvalue weighted by atomic mass is 35.5. The van der Waals surface area contributed by atoms with Gasteiger partial charge in [0.1, 0.15) is 12.1 Å². The van der Waals surface area contributed by atoms with E-state index in [2.05, 4.69) is 10.6 Å². The van der Waals surface area contributed by atoms with Crippen molar-refractivity contribution in [2.75, 3.05) is 0 Å². The Labute approximate surface area is 185 Å². The van der Waals surface area contributed by atoms with E-state index in [9.17, 15) is 9.59 Å². The molecular formula is C22H24Cl2N4O2. The fourth-order valence-corrected chi connectivity index (χ4v) is 4.67. The Hall–Kier alpha value is -2.12. The Kier molecular flexibility index (Phi) is 5.77. The van der Waals surface area contributed by atoms with E-state index in [1.165, 1.54) is 6.42 Å². The number of carbonyl (C=O) groups is 2. The molecule has 6 nitrogen and oxygen atoms in total. The van der Waals surface area contributed by atoms with E-state index < -0.39 is 11.9 Å². The van der Waals surface area contributed by atoms with Crippen LogP contribution in [0.1, 0.15) is 42.5 Å². The van der Waals surface area contributed by atoms with Crippen LogP contribution in [0.25, 0.3) is 0 Å². The summed E-state index contributed by atoms with van der Waals surface area (Å²) >= 11 is 11.5. The zero-order valence-corrected chi connectivity index (χ0v) is 17.8. The topological polar surface area (TPSA) is 110 Å². The van der Waals surface area contributed by atoms with Crippen LogP contribution in [0.3, 0.4) is 0 Å². The molecule has 2 aromatic rings. The van der Waals surface area contributed by atoms with Gasteiger partial charge in [-0.1, -0.05) is 47.5 Å². The Balaban J connectivity index is 0.000000159. The summed E-state index contributed by atoms with van der Waals surface area (Å²) in [6.07, 6.45) is 3.53. The SMILES string of the molecule is NC(=O)C(N)c1ccc(Cl)cc1.O=C1NC2(CC3CC3C2)NC1c1ccc(Cl)cc1. The van der Waals surface area contributed by atoms with Crippen molar-refractivity contribution in [3.05, 3.63) is 69.7 Å². The molecule has 30 heavy (non-hydrogen) atoms. The smallest absolute Gasteiger partial charge is 0.243 e. The summed E-state index contributed by atoms with van der Waals surface area (Å²) in [6.45, 7) is 0. The third-order valence-electron chi connectivity index (χ3n) is 6.07. The monoisotopic (exact) mass is 446 g/mol. The van der Waals surface area contributed by atoms with Gasteiger partial charge in [-0.25, -0.2) is 0 Å². The number of hydrogen-bond acceptors (Lipinski definition) is 4. The van der Waals surface area contributed by atoms with Crippen molar-refractivity contribution < 1.29 is 9.59 Å². The molecule has 1 spiro atoms. The zero-order valence-electron chi connectivity index (χ0n) is 16.3. The van der Waals surface area contributed by atoms with Crippen LogP contribution in [-0.2, 0) is 9.59 Å². The summed E-state index contributed by atoms with van der Waals surface area (Å²) in [6, 6.07) is 13.2. The van der Waals surface area contributed by atoms with E-state index in [0.29, 0.717) is 15.6 Å². The van der Waals surface area contributed by atoms with Crippen LogP contribution in [0.15, 0.2) is 48.5 Å². The number of halogens is 2. The maximum Gasteiger partial charge on any atom is 0.243 e. The Morgan fingerprint density at radius 2 is 1.53 bits per heavy atom. The van der Waals surface area contributed by atoms with E-state index in [1.54, 1.807) is 24.3 Å². The van der Waals surface area contributed by atoms with Crippen LogP contribution in [0.4, 0.5) is 0 Å². The van der Waals surface area contributed by atoms with Crippen LogP contribution < -0.4 is 22.1 Å². The lowest BCUT2D eigenvalue weighted by Gasteiger charge is -2.26. The van der Waals surface area contributed by atoms with Gasteiger partial charge >= 0.3 is 0 Å². The van der Waals surface area contributed by atoms with Crippen molar-refractivity contribution in [1.29, 1.82) is 0 Å². The molecule has 0 bridgehead atoms. The van der Waals surface area contributed by atoms with Crippen molar-refractivity contribution in [2.24, 2.45) is 23.3 Å². The molecule has 0 aromatic heterocycles. The summed E-state index contributed by atoms with van der Waals surface area (Å²) in [4.78, 5) is 22.8. The fourth-order valence-electron chi connectivity index (χ4n) is 4.42. The van der Waals surface area contributed by atoms with Crippen LogP contribution in [0.5, 0.6) is 0 Å². The molecule has 2 saturated carbocycles. The van der Waals surface area contributed by atoms with Crippen molar-refractivity contribution in [3.8, 4) is 0 Å². The first-order chi connectivity index (χ1) is 14.3. The number of nitrogens with one attached hydrogen (secondary N) is 2. The fraction of sp³-hybridized carbons (Fsp3) is 0.364. The molecule has 8 heteroatoms. The summed E-state index contributed by atoms with van der Waals surface area (Å²) in [5, 5.41) is 7.99. The van der Waals surface area contributed by atoms with Gasteiger partial charge in [-0.05, 0) is 66.5 Å². The van der Waals surface area contributed by atoms with Crippen molar-refractivity contribution in [2.45, 2.75) is 37.0 Å². The summed E-state index contributed by atoms with van der Waals surface area (Å²) in [7, 11) is 0. The Morgan fingerprint density at radius 1 is 1.00 bits per heavy atom. The number of amides is 2. The number of fused-ring (bicyclic) bond motifs is 1. The maximum atomic E-state index is 12.1. The average Bonchev–Trinajstić information content (AvgIpc) is 3.21. The van der Waals surface area contributed by atoms with Gasteiger partial charge in [-0.15, -0.1) is 0 Å². The quantitative estimate of drug-likeness (QED) is 0.580. The maximum absolute atomic E-state index is 12.1. The molecule has 158 valence electrons. The van der Waals surface area contributed by atoms with Crippen LogP contribution in [-0.4, -0.2) is 17.5 Å². The van der Waals surface area contributed by atoms with Crippen LogP contribution in [0, 0.1) is 11.8 Å². The van der Waals surface area contributed by atoms with Gasteiger partial charge in [0.2, 0.25) is 11.8 Å². The standard InChI is InChI=1S/C14H15ClN2O.C8H9ClN2O/c15-11-3-1-8(2-4-11)12-13(18)17-14(16-12)6-9-5-10(9)7-14;9-6-3-1-5(2-4-6)7(10)8(11)12/h1-4,9-10,12,16H,5-7H2,(H,17,18);1-4,7H,10H2,(H2,11,12). The van der Waals surface area contributed by atoms with Gasteiger partial charge in [-0.3, -0.25) is 14.9 Å². The van der Waals surface area contributed by atoms with Crippen LogP contribution >= 0.6 is 23.2 Å². The lowest BCUT2D eigenvalue weighted by molar-refractivity contribution is -0.121. The third-order valence-corrected chi connectivity index (χ3v) is 6.58. The van der Waals surface area contributed by atoms with Crippen molar-refractivity contribution in [1.82, 2.24) is 10.6 Å². The largest absolute Gasteiger partial charge is 0.368 e. The summed E-state index contributed by atoms with van der Waals surface area (Å²) in [5.74, 6) is 1.22. The lowest BCUT2D eigenvalue weighted by Crippen LogP contribution is -2.48. The number of benzene rings is 2. The molecule has 3 fully saturated rings. The Morgan fingerprint density at radius 3 is 2.07 bits per heavy atom. The number of rotatable bonds is 3. The minimum atomic E-state index is -0.748. The molecule has 5 rings (SSSR count). The Bertz CT molecular complexity index is 939. The molecule has 0 radical (unpaired) electrons. The number of primary amides is 1. The minimum absolute atomic E-state index is 0.0959. The van der Waals surface area contributed by atoms with Gasteiger partial charge in [0.05, 0.1) is 5.66 Å². The number of carbonyl (C=O) groups excluding carboxylic acids is 2. The number of hydrogen-bond donors (Lipinski definition) is 4. The molecule has 1 saturated heterocycles. The van der Waals surface area contributed by atoms with Gasteiger partial charge in [0.25, 0.3) is 0 Å². The van der Waals surface area contributed by atoms with Gasteiger partial charge < -0.3 is 16.8 Å². The number of nitrogens with two attached hydrogens (primary N) is 2. The van der Waals surface area contributed by atoms with Crippen molar-refractivity contribution >= 4 is 35.0 Å². The minimum Gasteiger partial charge on any atom is -0.368 e. The molecule has 1 aliphatic heterocycles. The van der Waals surface area contributed by atoms with E-state index in [4.69, 9.17) is 34.7 Å². The molecule has 2 aliphatic carbocycles. The molecule has 3 aliphatic rings. The van der Waals surface area contributed by atoms with Gasteiger partial charge in [0, 0.05) is 10.0 Å². The summed E-state index contributed by atoms with van der Waals surface area (Å²) < 4.78 is 0. The summed E-state index contributed by atoms with van der Waals surface area (Å²) in [5.41, 5.74) is 12.0. The predicted molar refractivity (Wildman–Crippen MR) is 117 cm³/mol. The molecule has 4 unspecified atom stereocenters. The first-order valence-electron chi connectivity index (χ1n) is 9.92. The molecular weight excluding hydrogens is 423 g/mol. The second kappa shape index (κ2) is 8.19. The first kappa shape index (κ1) is 21.1. The van der Waals surface area contributed by atoms with E-state index >= 15 is 0 Å². The molecule has 2 aromatic carbocycles. The van der Waals surface area contributed by atoms with E-state index in [0.717, 1.165) is 30.2 Å². The van der Waals surface area contributed by atoms with E-state index in [-0.39, 0.29) is 17.6 Å². The first-order valence-corrected chi connectivity index (χ1v) is 10.7. The van der Waals surface area contributed by atoms with Crippen LogP contribution in [0.2, 0.25) is 10.0 Å². The second-order valence-electron chi connectivity index (χ2n) is 8.30. The molecule has 4 atom stereocenters. The molecule has 1 heterocycles. The highest BCUT2D eigenvalue weighted by molar-refractivity contribution is 6.30. The zero-order chi connectivity index (χ0) is 21.5. The second-order valence-corrected chi connectivity index (χ2v) is 9.17. The van der Waals surface area contributed by atoms with Gasteiger partial charge in [0.15, 0.2) is 0 Å². The normalized spacial score (nSPS) is 29.6. The van der Waals surface area contributed by atoms with Crippen molar-refractivity contribution in [3.63, 3.8) is 0 Å². The molecule has 2 amide bonds. The average molecular weight is 447 g/mol. The third kappa shape index (κ3) is 4.47.